The minimum Gasteiger partial charge on any atom is -0.480 e. The van der Waals surface area contributed by atoms with Gasteiger partial charge in [0.2, 0.25) is 5.91 Å². The van der Waals surface area contributed by atoms with Crippen molar-refractivity contribution in [1.29, 1.82) is 0 Å². The van der Waals surface area contributed by atoms with Crippen molar-refractivity contribution < 1.29 is 19.8 Å². The number of rotatable bonds is 4. The highest BCUT2D eigenvalue weighted by Gasteiger charge is 2.38. The van der Waals surface area contributed by atoms with Crippen molar-refractivity contribution in [3.63, 3.8) is 0 Å². The average molecular weight is 298 g/mol. The van der Waals surface area contributed by atoms with Crippen LogP contribution in [0.1, 0.15) is 18.4 Å². The number of hydrogen-bond acceptors (Lipinski definition) is 3. The van der Waals surface area contributed by atoms with Gasteiger partial charge in [-0.2, -0.15) is 0 Å². The number of carboxylic acids is 1. The minimum atomic E-state index is -1.08. The van der Waals surface area contributed by atoms with E-state index in [1.165, 1.54) is 4.90 Å². The van der Waals surface area contributed by atoms with Crippen molar-refractivity contribution in [2.45, 2.75) is 31.4 Å². The number of β-amino-alcohol motifs (C(OH)–C–C–N with tert-alkyl or cyclic N) is 1. The van der Waals surface area contributed by atoms with Gasteiger partial charge in [0.15, 0.2) is 0 Å². The van der Waals surface area contributed by atoms with E-state index in [2.05, 4.69) is 0 Å². The highest BCUT2D eigenvalue weighted by Crippen LogP contribution is 2.21. The lowest BCUT2D eigenvalue weighted by atomic mass is 10.1. The molecule has 108 valence electrons. The fourth-order valence-corrected chi connectivity index (χ4v) is 2.64. The van der Waals surface area contributed by atoms with Crippen LogP contribution in [0, 0.1) is 0 Å². The topological polar surface area (TPSA) is 77.8 Å². The third-order valence-electron chi connectivity index (χ3n) is 3.45. The number of carbonyl (C=O) groups is 2. The lowest BCUT2D eigenvalue weighted by Crippen LogP contribution is -2.40. The molecule has 1 aromatic rings. The van der Waals surface area contributed by atoms with Gasteiger partial charge in [0, 0.05) is 24.4 Å². The lowest BCUT2D eigenvalue weighted by molar-refractivity contribution is -0.148. The number of aliphatic hydroxyl groups excluding tert-OH is 1. The highest BCUT2D eigenvalue weighted by molar-refractivity contribution is 6.31. The summed E-state index contributed by atoms with van der Waals surface area (Å²) in [7, 11) is 0. The summed E-state index contributed by atoms with van der Waals surface area (Å²) in [5.74, 6) is -1.35. The molecule has 1 fully saturated rings. The van der Waals surface area contributed by atoms with Crippen LogP contribution in [0.4, 0.5) is 0 Å². The smallest absolute Gasteiger partial charge is 0.326 e. The Labute approximate surface area is 121 Å². The van der Waals surface area contributed by atoms with Crippen LogP contribution in [0.5, 0.6) is 0 Å². The molecule has 1 heterocycles. The summed E-state index contributed by atoms with van der Waals surface area (Å²) in [4.78, 5) is 24.4. The van der Waals surface area contributed by atoms with Crippen molar-refractivity contribution in [3.05, 3.63) is 34.9 Å². The molecule has 0 unspecified atom stereocenters. The summed E-state index contributed by atoms with van der Waals surface area (Å²) in [5.41, 5.74) is 0.856. The van der Waals surface area contributed by atoms with Gasteiger partial charge in [0.25, 0.3) is 0 Å². The minimum absolute atomic E-state index is 0.0817. The maximum absolute atomic E-state index is 12.1. The van der Waals surface area contributed by atoms with Crippen molar-refractivity contribution in [1.82, 2.24) is 4.90 Å². The number of amides is 1. The van der Waals surface area contributed by atoms with E-state index in [0.29, 0.717) is 11.4 Å². The van der Waals surface area contributed by atoms with Crippen LogP contribution in [0.25, 0.3) is 0 Å². The van der Waals surface area contributed by atoms with Crippen LogP contribution in [-0.4, -0.2) is 45.7 Å². The first kappa shape index (κ1) is 14.8. The quantitative estimate of drug-likeness (QED) is 0.878. The van der Waals surface area contributed by atoms with Crippen LogP contribution in [-0.2, 0) is 16.0 Å². The number of carbonyl (C=O) groups excluding carboxylic acids is 1. The van der Waals surface area contributed by atoms with Crippen molar-refractivity contribution in [3.8, 4) is 0 Å². The van der Waals surface area contributed by atoms with Gasteiger partial charge in [-0.3, -0.25) is 4.79 Å². The number of aliphatic hydroxyl groups is 1. The van der Waals surface area contributed by atoms with E-state index in [0.717, 1.165) is 5.56 Å². The predicted octanol–water partition coefficient (Wildman–Crippen LogP) is 1.32. The van der Waals surface area contributed by atoms with Crippen LogP contribution in [0.2, 0.25) is 5.02 Å². The number of likely N-dealkylation sites (tertiary alicyclic amines) is 1. The number of hydrogen-bond donors (Lipinski definition) is 2. The van der Waals surface area contributed by atoms with Gasteiger partial charge in [-0.15, -0.1) is 0 Å². The van der Waals surface area contributed by atoms with Crippen molar-refractivity contribution in [2.75, 3.05) is 6.54 Å². The van der Waals surface area contributed by atoms with E-state index >= 15 is 0 Å². The Morgan fingerprint density at radius 3 is 2.70 bits per heavy atom. The number of nitrogens with zero attached hydrogens (tertiary/aromatic N) is 1. The third kappa shape index (κ3) is 3.29. The monoisotopic (exact) mass is 297 g/mol. The summed E-state index contributed by atoms with van der Waals surface area (Å²) in [6.07, 6.45) is -0.0365. The van der Waals surface area contributed by atoms with E-state index < -0.39 is 18.1 Å². The second-order valence-electron chi connectivity index (χ2n) is 4.88. The molecule has 1 saturated heterocycles. The second-order valence-corrected chi connectivity index (χ2v) is 5.29. The summed E-state index contributed by atoms with van der Waals surface area (Å²) in [6, 6.07) is 6.31. The molecule has 0 aromatic heterocycles. The van der Waals surface area contributed by atoms with Crippen LogP contribution < -0.4 is 0 Å². The Morgan fingerprint density at radius 2 is 2.05 bits per heavy atom. The Morgan fingerprint density at radius 1 is 1.35 bits per heavy atom. The number of aryl methyl sites for hydroxylation is 1. The molecule has 0 spiro atoms. The Bertz CT molecular complexity index is 520. The first-order valence-corrected chi connectivity index (χ1v) is 6.80. The summed E-state index contributed by atoms with van der Waals surface area (Å²) in [6.45, 7) is 0.0817. The number of carboxylic acid groups (broad SMARTS) is 1. The van der Waals surface area contributed by atoms with Gasteiger partial charge in [-0.1, -0.05) is 29.8 Å². The van der Waals surface area contributed by atoms with Gasteiger partial charge in [0.05, 0.1) is 6.10 Å². The molecule has 0 bridgehead atoms. The maximum Gasteiger partial charge on any atom is 0.326 e. The van der Waals surface area contributed by atoms with Gasteiger partial charge >= 0.3 is 5.97 Å². The number of benzene rings is 1. The summed E-state index contributed by atoms with van der Waals surface area (Å²) < 4.78 is 0. The lowest BCUT2D eigenvalue weighted by Gasteiger charge is -2.21. The van der Waals surface area contributed by atoms with Crippen molar-refractivity contribution in [2.24, 2.45) is 0 Å². The maximum atomic E-state index is 12.1. The molecule has 0 aliphatic carbocycles. The molecule has 1 aromatic carbocycles. The zero-order chi connectivity index (χ0) is 14.7. The SMILES string of the molecule is O=C(O)[C@H]1C[C@@H](O)CN1C(=O)CCc1ccccc1Cl. The van der Waals surface area contributed by atoms with Gasteiger partial charge < -0.3 is 15.1 Å². The molecule has 20 heavy (non-hydrogen) atoms. The molecular weight excluding hydrogens is 282 g/mol. The molecule has 1 aliphatic rings. The Balaban J connectivity index is 1.98. The molecule has 0 saturated carbocycles. The van der Waals surface area contributed by atoms with Crippen LogP contribution in [0.3, 0.4) is 0 Å². The third-order valence-corrected chi connectivity index (χ3v) is 3.82. The highest BCUT2D eigenvalue weighted by atomic mass is 35.5. The zero-order valence-corrected chi connectivity index (χ0v) is 11.6. The van der Waals surface area contributed by atoms with Gasteiger partial charge in [-0.25, -0.2) is 4.79 Å². The molecule has 1 amide bonds. The van der Waals surface area contributed by atoms with Crippen molar-refractivity contribution >= 4 is 23.5 Å². The van der Waals surface area contributed by atoms with Gasteiger partial charge in [-0.05, 0) is 18.1 Å². The van der Waals surface area contributed by atoms with E-state index in [-0.39, 0.29) is 25.3 Å². The molecule has 6 heteroatoms. The fraction of sp³-hybridized carbons (Fsp3) is 0.429. The molecular formula is C14H16ClNO4. The fourth-order valence-electron chi connectivity index (χ4n) is 2.41. The predicted molar refractivity (Wildman–Crippen MR) is 73.5 cm³/mol. The van der Waals surface area contributed by atoms with Crippen LogP contribution in [0.15, 0.2) is 24.3 Å². The van der Waals surface area contributed by atoms with E-state index in [4.69, 9.17) is 16.7 Å². The normalized spacial score (nSPS) is 22.0. The Kier molecular flexibility index (Phi) is 4.62. The van der Waals surface area contributed by atoms with E-state index in [1.807, 2.05) is 18.2 Å². The molecule has 0 radical (unpaired) electrons. The zero-order valence-electron chi connectivity index (χ0n) is 10.8. The standard InChI is InChI=1S/C14H16ClNO4/c15-11-4-2-1-3-9(11)5-6-13(18)16-8-10(17)7-12(16)14(19)20/h1-4,10,12,17H,5-8H2,(H,19,20)/t10-,12-/m1/s1. The molecule has 5 nitrogen and oxygen atoms in total. The second kappa shape index (κ2) is 6.24. The number of halogens is 1. The van der Waals surface area contributed by atoms with Crippen LogP contribution >= 0.6 is 11.6 Å². The summed E-state index contributed by atoms with van der Waals surface area (Å²) in [5, 5.41) is 19.2. The number of aliphatic carboxylic acids is 1. The molecule has 2 rings (SSSR count). The van der Waals surface area contributed by atoms with E-state index in [9.17, 15) is 14.7 Å². The summed E-state index contributed by atoms with van der Waals surface area (Å²) >= 11 is 6.01. The molecule has 2 atom stereocenters. The average Bonchev–Trinajstić information content (AvgIpc) is 2.80. The molecule has 2 N–H and O–H groups in total. The van der Waals surface area contributed by atoms with Gasteiger partial charge in [0.1, 0.15) is 6.04 Å². The van der Waals surface area contributed by atoms with E-state index in [1.54, 1.807) is 6.07 Å². The first-order valence-electron chi connectivity index (χ1n) is 6.42. The first-order chi connectivity index (χ1) is 9.49. The Hall–Kier alpha value is -1.59. The molecule has 1 aliphatic heterocycles. The largest absolute Gasteiger partial charge is 0.480 e.